The average Bonchev–Trinajstić information content (AvgIpc) is 2.49. The highest BCUT2D eigenvalue weighted by Gasteiger charge is 2.15. The molecule has 1 nitrogen and oxygen atoms in total. The maximum absolute atomic E-state index is 11.6. The van der Waals surface area contributed by atoms with E-state index in [4.69, 9.17) is 0 Å². The zero-order valence-electron chi connectivity index (χ0n) is 7.46. The lowest BCUT2D eigenvalue weighted by atomic mass is 10.1. The van der Waals surface area contributed by atoms with Crippen LogP contribution in [0.2, 0.25) is 0 Å². The molecule has 0 aromatic carbocycles. The Morgan fingerprint density at radius 3 is 2.75 bits per heavy atom. The molecule has 66 valence electrons. The second-order valence-electron chi connectivity index (χ2n) is 2.84. The molecule has 1 aromatic rings. The Labute approximate surface area is 81.2 Å². The Hall–Kier alpha value is -0.280. The molecule has 1 heterocycles. The highest BCUT2D eigenvalue weighted by atomic mass is 32.2. The van der Waals surface area contributed by atoms with E-state index in [0.29, 0.717) is 0 Å². The van der Waals surface area contributed by atoms with Crippen molar-refractivity contribution in [3.8, 4) is 0 Å². The van der Waals surface area contributed by atoms with E-state index < -0.39 is 0 Å². The monoisotopic (exact) mass is 200 g/mol. The van der Waals surface area contributed by atoms with Crippen LogP contribution in [-0.4, -0.2) is 12.0 Å². The molecule has 0 spiro atoms. The first kappa shape index (κ1) is 9.81. The molecule has 0 atom stereocenters. The number of carbonyl (C=O) groups is 1. The number of rotatable bonds is 3. The largest absolute Gasteiger partial charge is 0.293 e. The van der Waals surface area contributed by atoms with E-state index in [0.717, 1.165) is 9.77 Å². The minimum absolute atomic E-state index is 0.106. The van der Waals surface area contributed by atoms with Gasteiger partial charge in [-0.15, -0.1) is 23.1 Å². The molecular formula is C9H12OS2. The Morgan fingerprint density at radius 2 is 2.25 bits per heavy atom. The van der Waals surface area contributed by atoms with Crippen LogP contribution in [0, 0.1) is 5.92 Å². The summed E-state index contributed by atoms with van der Waals surface area (Å²) in [6, 6.07) is 2.00. The number of thioether (sulfide) groups is 1. The molecule has 12 heavy (non-hydrogen) atoms. The Balaban J connectivity index is 2.94. The van der Waals surface area contributed by atoms with Gasteiger partial charge in [0.2, 0.25) is 0 Å². The summed E-state index contributed by atoms with van der Waals surface area (Å²) < 4.78 is 0. The molecule has 0 unspecified atom stereocenters. The maximum atomic E-state index is 11.6. The molecule has 0 fully saturated rings. The van der Waals surface area contributed by atoms with Gasteiger partial charge in [-0.3, -0.25) is 4.79 Å². The van der Waals surface area contributed by atoms with Gasteiger partial charge in [0.25, 0.3) is 0 Å². The summed E-state index contributed by atoms with van der Waals surface area (Å²) in [7, 11) is 0. The lowest BCUT2D eigenvalue weighted by Crippen LogP contribution is -2.05. The minimum atomic E-state index is 0.106. The lowest BCUT2D eigenvalue weighted by Gasteiger charge is -2.02. The minimum Gasteiger partial charge on any atom is -0.293 e. The van der Waals surface area contributed by atoms with Gasteiger partial charge in [0.1, 0.15) is 0 Å². The van der Waals surface area contributed by atoms with E-state index in [1.165, 1.54) is 0 Å². The fourth-order valence-corrected chi connectivity index (χ4v) is 2.75. The molecular weight excluding hydrogens is 188 g/mol. The van der Waals surface area contributed by atoms with Gasteiger partial charge in [-0.2, -0.15) is 0 Å². The number of hydrogen-bond acceptors (Lipinski definition) is 3. The van der Waals surface area contributed by atoms with Gasteiger partial charge in [-0.1, -0.05) is 13.8 Å². The quantitative estimate of drug-likeness (QED) is 0.550. The molecule has 1 aromatic heterocycles. The van der Waals surface area contributed by atoms with Crippen LogP contribution >= 0.6 is 23.1 Å². The summed E-state index contributed by atoms with van der Waals surface area (Å²) in [6.45, 7) is 3.87. The van der Waals surface area contributed by atoms with Crippen LogP contribution in [0.15, 0.2) is 16.3 Å². The van der Waals surface area contributed by atoms with Crippen molar-refractivity contribution in [2.45, 2.75) is 18.7 Å². The van der Waals surface area contributed by atoms with Crippen LogP contribution in [0.1, 0.15) is 23.5 Å². The van der Waals surface area contributed by atoms with Gasteiger partial charge >= 0.3 is 0 Å². The van der Waals surface area contributed by atoms with Crippen molar-refractivity contribution in [3.05, 3.63) is 16.3 Å². The number of Topliss-reactive ketones (excluding diaryl/α,β-unsaturated/α-hetero) is 1. The number of ketones is 1. The second-order valence-corrected chi connectivity index (χ2v) is 4.60. The first-order valence-corrected chi connectivity index (χ1v) is 5.93. The predicted molar refractivity (Wildman–Crippen MR) is 55.3 cm³/mol. The summed E-state index contributed by atoms with van der Waals surface area (Å²) in [6.07, 6.45) is 2.00. The average molecular weight is 200 g/mol. The van der Waals surface area contributed by atoms with Crippen LogP contribution in [0.25, 0.3) is 0 Å². The highest BCUT2D eigenvalue weighted by molar-refractivity contribution is 7.98. The zero-order chi connectivity index (χ0) is 9.14. The summed E-state index contributed by atoms with van der Waals surface area (Å²) in [5.74, 6) is 0.365. The zero-order valence-corrected chi connectivity index (χ0v) is 9.09. The molecule has 0 aliphatic rings. The van der Waals surface area contributed by atoms with E-state index >= 15 is 0 Å². The van der Waals surface area contributed by atoms with Crippen LogP contribution in [-0.2, 0) is 0 Å². The van der Waals surface area contributed by atoms with Gasteiger partial charge in [-0.25, -0.2) is 0 Å². The number of hydrogen-bond donors (Lipinski definition) is 0. The number of carbonyl (C=O) groups excluding carboxylic acids is 1. The summed E-state index contributed by atoms with van der Waals surface area (Å²) in [5.41, 5.74) is 0. The lowest BCUT2D eigenvalue weighted by molar-refractivity contribution is 0.0941. The third-order valence-corrected chi connectivity index (χ3v) is 3.44. The third kappa shape index (κ3) is 1.90. The Bertz CT molecular complexity index is 276. The van der Waals surface area contributed by atoms with Gasteiger partial charge < -0.3 is 0 Å². The summed E-state index contributed by atoms with van der Waals surface area (Å²) >= 11 is 3.18. The van der Waals surface area contributed by atoms with Crippen molar-refractivity contribution in [2.24, 2.45) is 5.92 Å². The van der Waals surface area contributed by atoms with Crippen molar-refractivity contribution >= 4 is 28.9 Å². The molecule has 3 heteroatoms. The topological polar surface area (TPSA) is 17.1 Å². The molecule has 1 rings (SSSR count). The van der Waals surface area contributed by atoms with E-state index in [1.54, 1.807) is 23.1 Å². The predicted octanol–water partition coefficient (Wildman–Crippen LogP) is 3.31. The van der Waals surface area contributed by atoms with E-state index in [-0.39, 0.29) is 11.7 Å². The van der Waals surface area contributed by atoms with Crippen molar-refractivity contribution in [2.75, 3.05) is 6.26 Å². The molecule has 0 radical (unpaired) electrons. The van der Waals surface area contributed by atoms with Gasteiger partial charge in [0.15, 0.2) is 5.78 Å². The summed E-state index contributed by atoms with van der Waals surface area (Å²) in [4.78, 5) is 13.6. The first-order valence-electron chi connectivity index (χ1n) is 3.82. The van der Waals surface area contributed by atoms with E-state index in [1.807, 2.05) is 31.5 Å². The normalized spacial score (nSPS) is 10.7. The fourth-order valence-electron chi connectivity index (χ4n) is 0.900. The van der Waals surface area contributed by atoms with Crippen molar-refractivity contribution in [3.63, 3.8) is 0 Å². The van der Waals surface area contributed by atoms with Crippen molar-refractivity contribution in [1.29, 1.82) is 0 Å². The van der Waals surface area contributed by atoms with E-state index in [9.17, 15) is 4.79 Å². The third-order valence-electron chi connectivity index (χ3n) is 1.60. The second kappa shape index (κ2) is 4.10. The highest BCUT2D eigenvalue weighted by Crippen LogP contribution is 2.27. The smallest absolute Gasteiger partial charge is 0.176 e. The van der Waals surface area contributed by atoms with E-state index in [2.05, 4.69) is 0 Å². The molecule has 0 bridgehead atoms. The molecule has 0 aliphatic carbocycles. The SMILES string of the molecule is CSc1ccsc1C(=O)C(C)C. The van der Waals surface area contributed by atoms with Gasteiger partial charge in [-0.05, 0) is 17.7 Å². The van der Waals surface area contributed by atoms with Crippen molar-refractivity contribution < 1.29 is 4.79 Å². The summed E-state index contributed by atoms with van der Waals surface area (Å²) in [5, 5.41) is 1.97. The standard InChI is InChI=1S/C9H12OS2/c1-6(2)8(10)9-7(11-3)4-5-12-9/h4-6H,1-3H3. The molecule has 0 aliphatic heterocycles. The van der Waals surface area contributed by atoms with Crippen LogP contribution in [0.3, 0.4) is 0 Å². The van der Waals surface area contributed by atoms with Crippen LogP contribution in [0.5, 0.6) is 0 Å². The molecule has 0 amide bonds. The Kier molecular flexibility index (Phi) is 3.35. The maximum Gasteiger partial charge on any atom is 0.176 e. The van der Waals surface area contributed by atoms with Crippen molar-refractivity contribution in [1.82, 2.24) is 0 Å². The van der Waals surface area contributed by atoms with Crippen LogP contribution in [0.4, 0.5) is 0 Å². The first-order chi connectivity index (χ1) is 5.66. The Morgan fingerprint density at radius 1 is 1.58 bits per heavy atom. The van der Waals surface area contributed by atoms with Gasteiger partial charge in [0, 0.05) is 10.8 Å². The van der Waals surface area contributed by atoms with Crippen LogP contribution < -0.4 is 0 Å². The fraction of sp³-hybridized carbons (Fsp3) is 0.444. The molecule has 0 N–H and O–H groups in total. The molecule has 0 saturated carbocycles. The number of thiophene rings is 1. The molecule has 0 saturated heterocycles. The van der Waals surface area contributed by atoms with Gasteiger partial charge in [0.05, 0.1) is 4.88 Å².